The van der Waals surface area contributed by atoms with Gasteiger partial charge in [-0.3, -0.25) is 0 Å². The lowest BCUT2D eigenvalue weighted by Crippen LogP contribution is -2.37. The van der Waals surface area contributed by atoms with Gasteiger partial charge in [0.15, 0.2) is 9.84 Å². The molecule has 0 saturated heterocycles. The van der Waals surface area contributed by atoms with E-state index >= 15 is 0 Å². The summed E-state index contributed by atoms with van der Waals surface area (Å²) in [6.07, 6.45) is 0.659. The molecule has 1 rings (SSSR count). The maximum atomic E-state index is 12.2. The molecule has 16 heavy (non-hydrogen) atoms. The van der Waals surface area contributed by atoms with Crippen LogP contribution >= 0.6 is 0 Å². The highest BCUT2D eigenvalue weighted by Gasteiger charge is 2.27. The molecule has 90 valence electrons. The summed E-state index contributed by atoms with van der Waals surface area (Å²) < 4.78 is 24.3. The van der Waals surface area contributed by atoms with Gasteiger partial charge in [-0.1, -0.05) is 24.6 Å². The molecule has 0 aliphatic carbocycles. The van der Waals surface area contributed by atoms with Crippen LogP contribution in [0.25, 0.3) is 0 Å². The van der Waals surface area contributed by atoms with Crippen LogP contribution in [0.1, 0.15) is 25.8 Å². The lowest BCUT2D eigenvalue weighted by molar-refractivity contribution is 0.552. The van der Waals surface area contributed by atoms with Gasteiger partial charge in [-0.25, -0.2) is 8.42 Å². The molecule has 2 N–H and O–H groups in total. The monoisotopic (exact) mass is 241 g/mol. The van der Waals surface area contributed by atoms with Gasteiger partial charge in [0, 0.05) is 6.04 Å². The van der Waals surface area contributed by atoms with E-state index in [4.69, 9.17) is 5.73 Å². The number of hydrogen-bond donors (Lipinski definition) is 1. The Morgan fingerprint density at radius 3 is 2.19 bits per heavy atom. The van der Waals surface area contributed by atoms with Crippen molar-refractivity contribution in [1.82, 2.24) is 0 Å². The molecule has 2 unspecified atom stereocenters. The minimum Gasteiger partial charge on any atom is -0.327 e. The van der Waals surface area contributed by atoms with E-state index in [1.165, 1.54) is 0 Å². The van der Waals surface area contributed by atoms with Crippen LogP contribution in [0, 0.1) is 6.92 Å². The summed E-state index contributed by atoms with van der Waals surface area (Å²) in [7, 11) is -3.29. The Morgan fingerprint density at radius 1 is 1.25 bits per heavy atom. The van der Waals surface area contributed by atoms with Gasteiger partial charge >= 0.3 is 0 Å². The second-order valence-electron chi connectivity index (χ2n) is 4.14. The summed E-state index contributed by atoms with van der Waals surface area (Å²) in [6, 6.07) is 6.58. The zero-order chi connectivity index (χ0) is 12.3. The Kier molecular flexibility index (Phi) is 4.10. The molecule has 0 bridgehead atoms. The standard InChI is InChI=1S/C12H19NO2S/c1-4-12(13)10(3)16(14,15)11-7-5-9(2)6-8-11/h5-8,10,12H,4,13H2,1-3H3. The van der Waals surface area contributed by atoms with Crippen LogP contribution in [-0.4, -0.2) is 19.7 Å². The molecule has 0 spiro atoms. The molecular weight excluding hydrogens is 222 g/mol. The number of sulfone groups is 1. The minimum absolute atomic E-state index is 0.314. The Morgan fingerprint density at radius 2 is 1.75 bits per heavy atom. The van der Waals surface area contributed by atoms with Crippen molar-refractivity contribution in [3.8, 4) is 0 Å². The van der Waals surface area contributed by atoms with Gasteiger partial charge in [0.25, 0.3) is 0 Å². The van der Waals surface area contributed by atoms with Gasteiger partial charge in [0.05, 0.1) is 10.1 Å². The van der Waals surface area contributed by atoms with Gasteiger partial charge in [-0.15, -0.1) is 0 Å². The summed E-state index contributed by atoms with van der Waals surface area (Å²) in [6.45, 7) is 5.49. The normalized spacial score (nSPS) is 15.8. The van der Waals surface area contributed by atoms with Crippen LogP contribution in [0.2, 0.25) is 0 Å². The molecule has 1 aromatic rings. The van der Waals surface area contributed by atoms with Crippen molar-refractivity contribution in [2.75, 3.05) is 0 Å². The Hall–Kier alpha value is -0.870. The number of nitrogens with two attached hydrogens (primary N) is 1. The van der Waals surface area contributed by atoms with Crippen LogP contribution in [0.4, 0.5) is 0 Å². The molecule has 2 atom stereocenters. The van der Waals surface area contributed by atoms with Crippen LogP contribution in [0.3, 0.4) is 0 Å². The van der Waals surface area contributed by atoms with Crippen molar-refractivity contribution in [2.24, 2.45) is 5.73 Å². The average molecular weight is 241 g/mol. The third-order valence-corrected chi connectivity index (χ3v) is 5.17. The molecule has 0 aliphatic heterocycles. The maximum Gasteiger partial charge on any atom is 0.182 e. The molecule has 0 amide bonds. The highest BCUT2D eigenvalue weighted by Crippen LogP contribution is 2.19. The van der Waals surface area contributed by atoms with Crippen molar-refractivity contribution in [3.63, 3.8) is 0 Å². The second kappa shape index (κ2) is 4.97. The molecule has 3 nitrogen and oxygen atoms in total. The van der Waals surface area contributed by atoms with E-state index in [0.717, 1.165) is 5.56 Å². The van der Waals surface area contributed by atoms with Crippen LogP contribution in [0.15, 0.2) is 29.2 Å². The second-order valence-corrected chi connectivity index (χ2v) is 6.44. The largest absolute Gasteiger partial charge is 0.327 e. The number of hydrogen-bond acceptors (Lipinski definition) is 3. The average Bonchev–Trinajstić information content (AvgIpc) is 2.27. The SMILES string of the molecule is CCC(N)C(C)S(=O)(=O)c1ccc(C)cc1. The Bertz CT molecular complexity index is 437. The smallest absolute Gasteiger partial charge is 0.182 e. The fourth-order valence-electron chi connectivity index (χ4n) is 1.50. The highest BCUT2D eigenvalue weighted by molar-refractivity contribution is 7.92. The van der Waals surface area contributed by atoms with Gasteiger partial charge in [-0.2, -0.15) is 0 Å². The van der Waals surface area contributed by atoms with Gasteiger partial charge in [-0.05, 0) is 32.4 Å². The molecule has 0 saturated carbocycles. The van der Waals surface area contributed by atoms with Crippen LogP contribution in [0.5, 0.6) is 0 Å². The fourth-order valence-corrected chi connectivity index (χ4v) is 3.10. The Labute approximate surface area is 97.6 Å². The van der Waals surface area contributed by atoms with Gasteiger partial charge in [0.2, 0.25) is 0 Å². The first-order valence-electron chi connectivity index (χ1n) is 5.45. The zero-order valence-corrected chi connectivity index (χ0v) is 10.8. The van der Waals surface area contributed by atoms with Crippen LogP contribution < -0.4 is 5.73 Å². The third kappa shape index (κ3) is 2.62. The molecule has 0 aliphatic rings. The number of benzene rings is 1. The summed E-state index contributed by atoms with van der Waals surface area (Å²) in [5, 5.41) is -0.541. The topological polar surface area (TPSA) is 60.2 Å². The van der Waals surface area contributed by atoms with Crippen molar-refractivity contribution in [2.45, 2.75) is 43.4 Å². The van der Waals surface area contributed by atoms with E-state index in [1.807, 2.05) is 13.8 Å². The van der Waals surface area contributed by atoms with Gasteiger partial charge < -0.3 is 5.73 Å². The summed E-state index contributed by atoms with van der Waals surface area (Å²) in [5.41, 5.74) is 6.84. The van der Waals surface area contributed by atoms with E-state index in [1.54, 1.807) is 31.2 Å². The third-order valence-electron chi connectivity index (χ3n) is 2.91. The van der Waals surface area contributed by atoms with Crippen molar-refractivity contribution >= 4 is 9.84 Å². The molecule has 0 fully saturated rings. The van der Waals surface area contributed by atoms with E-state index in [2.05, 4.69) is 0 Å². The highest BCUT2D eigenvalue weighted by atomic mass is 32.2. The lowest BCUT2D eigenvalue weighted by atomic mass is 10.2. The molecular formula is C12H19NO2S. The summed E-state index contributed by atoms with van der Waals surface area (Å²) >= 11 is 0. The number of aryl methyl sites for hydroxylation is 1. The predicted molar refractivity (Wildman–Crippen MR) is 66.1 cm³/mol. The molecule has 1 aromatic carbocycles. The Balaban J connectivity index is 3.07. The van der Waals surface area contributed by atoms with E-state index < -0.39 is 15.1 Å². The lowest BCUT2D eigenvalue weighted by Gasteiger charge is -2.18. The summed E-state index contributed by atoms with van der Waals surface area (Å²) in [4.78, 5) is 0.356. The zero-order valence-electron chi connectivity index (χ0n) is 9.97. The quantitative estimate of drug-likeness (QED) is 0.875. The molecule has 0 heterocycles. The van der Waals surface area contributed by atoms with Gasteiger partial charge in [0.1, 0.15) is 0 Å². The van der Waals surface area contributed by atoms with E-state index in [0.29, 0.717) is 11.3 Å². The first-order valence-corrected chi connectivity index (χ1v) is 7.00. The minimum atomic E-state index is -3.29. The van der Waals surface area contributed by atoms with Crippen molar-refractivity contribution < 1.29 is 8.42 Å². The molecule has 4 heteroatoms. The predicted octanol–water partition coefficient (Wildman–Crippen LogP) is 1.89. The van der Waals surface area contributed by atoms with Crippen molar-refractivity contribution in [3.05, 3.63) is 29.8 Å². The van der Waals surface area contributed by atoms with E-state index in [9.17, 15) is 8.42 Å². The number of rotatable bonds is 4. The van der Waals surface area contributed by atoms with E-state index in [-0.39, 0.29) is 6.04 Å². The van der Waals surface area contributed by atoms with Crippen LogP contribution in [-0.2, 0) is 9.84 Å². The summed E-state index contributed by atoms with van der Waals surface area (Å²) in [5.74, 6) is 0. The fraction of sp³-hybridized carbons (Fsp3) is 0.500. The molecule has 0 aromatic heterocycles. The first kappa shape index (κ1) is 13.2. The van der Waals surface area contributed by atoms with Crippen molar-refractivity contribution in [1.29, 1.82) is 0 Å². The molecule has 0 radical (unpaired) electrons. The first-order chi connectivity index (χ1) is 7.39. The maximum absolute atomic E-state index is 12.2.